The Morgan fingerprint density at radius 2 is 1.93 bits per heavy atom. The third-order valence-corrected chi connectivity index (χ3v) is 2.27. The van der Waals surface area contributed by atoms with Crippen molar-refractivity contribution in [2.45, 2.75) is 27.2 Å². The molecule has 1 aromatic carbocycles. The van der Waals surface area contributed by atoms with Gasteiger partial charge in [0, 0.05) is 17.5 Å². The predicted octanol–water partition coefficient (Wildman–Crippen LogP) is 4.72. The third kappa shape index (κ3) is 2.64. The molecule has 0 aliphatic heterocycles. The number of aryl methyl sites for hydroxylation is 1. The van der Waals surface area contributed by atoms with E-state index in [4.69, 9.17) is 27.6 Å². The van der Waals surface area contributed by atoms with Gasteiger partial charge in [0.05, 0.1) is 5.02 Å². The molecule has 1 heterocycles. The minimum absolute atomic E-state index is 0.533. The highest BCUT2D eigenvalue weighted by molar-refractivity contribution is 6.38. The summed E-state index contributed by atoms with van der Waals surface area (Å²) in [6.07, 6.45) is 0.753. The zero-order valence-electron chi connectivity index (χ0n) is 8.97. The van der Waals surface area contributed by atoms with E-state index in [9.17, 15) is 0 Å². The molecule has 0 radical (unpaired) electrons. The first-order chi connectivity index (χ1) is 7.20. The highest BCUT2D eigenvalue weighted by atomic mass is 35.5. The van der Waals surface area contributed by atoms with Crippen molar-refractivity contribution in [1.82, 2.24) is 4.98 Å². The maximum Gasteiger partial charge on any atom is 0.195 e. The number of hydrogen-bond donors (Lipinski definition) is 0. The van der Waals surface area contributed by atoms with Crippen molar-refractivity contribution in [3.63, 3.8) is 0 Å². The number of benzene rings is 1. The minimum atomic E-state index is 0.533. The van der Waals surface area contributed by atoms with Crippen LogP contribution in [0, 0.1) is 0 Å². The average molecular weight is 246 g/mol. The summed E-state index contributed by atoms with van der Waals surface area (Å²) in [5, 5.41) is 1.10. The third-order valence-electron chi connectivity index (χ3n) is 1.76. The molecule has 2 aromatic rings. The van der Waals surface area contributed by atoms with Crippen molar-refractivity contribution in [1.29, 1.82) is 0 Å². The molecule has 1 aromatic heterocycles. The molecule has 4 heteroatoms. The van der Waals surface area contributed by atoms with Gasteiger partial charge in [-0.2, -0.15) is 0 Å². The molecule has 0 saturated heterocycles. The Hall–Kier alpha value is -0.730. The molecular formula is C11H13Cl2NO. The van der Waals surface area contributed by atoms with Crippen LogP contribution in [0.3, 0.4) is 0 Å². The standard InChI is InChI=1S/C9H7Cl2NO.C2H6/c1-2-8-12-9-6(11)3-5(10)4-7(9)13-8;1-2/h3-4H,2H2,1H3;1-2H3. The molecule has 0 aliphatic rings. The van der Waals surface area contributed by atoms with Gasteiger partial charge in [-0.25, -0.2) is 4.98 Å². The van der Waals surface area contributed by atoms with Crippen LogP contribution < -0.4 is 0 Å². The molecule has 0 fully saturated rings. The molecule has 0 bridgehead atoms. The number of rotatable bonds is 1. The lowest BCUT2D eigenvalue weighted by atomic mass is 10.3. The van der Waals surface area contributed by atoms with Gasteiger partial charge in [-0.05, 0) is 6.07 Å². The molecule has 0 amide bonds. The van der Waals surface area contributed by atoms with Crippen molar-refractivity contribution >= 4 is 34.3 Å². The van der Waals surface area contributed by atoms with Crippen LogP contribution in [0.1, 0.15) is 26.7 Å². The number of aromatic nitrogens is 1. The van der Waals surface area contributed by atoms with Crippen LogP contribution in [0.5, 0.6) is 0 Å². The van der Waals surface area contributed by atoms with E-state index in [1.165, 1.54) is 0 Å². The zero-order chi connectivity index (χ0) is 11.4. The second-order valence-corrected chi connectivity index (χ2v) is 3.54. The van der Waals surface area contributed by atoms with E-state index in [-0.39, 0.29) is 0 Å². The molecule has 2 rings (SSSR count). The number of nitrogens with zero attached hydrogens (tertiary/aromatic N) is 1. The van der Waals surface area contributed by atoms with Crippen molar-refractivity contribution in [3.8, 4) is 0 Å². The number of hydrogen-bond acceptors (Lipinski definition) is 2. The van der Waals surface area contributed by atoms with Gasteiger partial charge in [-0.1, -0.05) is 44.0 Å². The van der Waals surface area contributed by atoms with Gasteiger partial charge in [0.2, 0.25) is 0 Å². The molecule has 0 saturated carbocycles. The molecule has 15 heavy (non-hydrogen) atoms. The first-order valence-electron chi connectivity index (χ1n) is 4.95. The normalized spacial score (nSPS) is 9.93. The van der Waals surface area contributed by atoms with Gasteiger partial charge < -0.3 is 4.42 Å². The average Bonchev–Trinajstić information content (AvgIpc) is 2.64. The molecule has 82 valence electrons. The number of oxazole rings is 1. The van der Waals surface area contributed by atoms with Crippen LogP contribution >= 0.6 is 23.2 Å². The van der Waals surface area contributed by atoms with E-state index in [2.05, 4.69) is 4.98 Å². The second kappa shape index (κ2) is 5.38. The van der Waals surface area contributed by atoms with Crippen LogP contribution in [0.4, 0.5) is 0 Å². The monoisotopic (exact) mass is 245 g/mol. The van der Waals surface area contributed by atoms with Crippen LogP contribution in [-0.4, -0.2) is 4.98 Å². The molecule has 0 N–H and O–H groups in total. The summed E-state index contributed by atoms with van der Waals surface area (Å²) in [7, 11) is 0. The molecule has 0 spiro atoms. The fourth-order valence-corrected chi connectivity index (χ4v) is 1.67. The maximum atomic E-state index is 5.93. The Balaban J connectivity index is 0.000000531. The van der Waals surface area contributed by atoms with E-state index < -0.39 is 0 Å². The van der Waals surface area contributed by atoms with Crippen LogP contribution in [0.2, 0.25) is 10.0 Å². The summed E-state index contributed by atoms with van der Waals surface area (Å²) >= 11 is 11.7. The molecule has 2 nitrogen and oxygen atoms in total. The Bertz CT molecular complexity index is 451. The van der Waals surface area contributed by atoms with Crippen molar-refractivity contribution < 1.29 is 4.42 Å². The van der Waals surface area contributed by atoms with E-state index in [0.717, 1.165) is 6.42 Å². The van der Waals surface area contributed by atoms with Gasteiger partial charge in [0.15, 0.2) is 11.5 Å². The first kappa shape index (κ1) is 12.3. The fourth-order valence-electron chi connectivity index (χ4n) is 1.15. The fraction of sp³-hybridized carbons (Fsp3) is 0.364. The Morgan fingerprint density at radius 3 is 2.53 bits per heavy atom. The van der Waals surface area contributed by atoms with Crippen LogP contribution in [0.25, 0.3) is 11.1 Å². The summed E-state index contributed by atoms with van der Waals surface area (Å²) in [5.41, 5.74) is 1.33. The molecule has 0 unspecified atom stereocenters. The lowest BCUT2D eigenvalue weighted by Gasteiger charge is -1.91. The smallest absolute Gasteiger partial charge is 0.195 e. The molecule has 0 aliphatic carbocycles. The quantitative estimate of drug-likeness (QED) is 0.727. The summed E-state index contributed by atoms with van der Waals surface area (Å²) in [5.74, 6) is 0.680. The predicted molar refractivity (Wildman–Crippen MR) is 64.8 cm³/mol. The Kier molecular flexibility index (Phi) is 4.43. The highest BCUT2D eigenvalue weighted by Gasteiger charge is 2.08. The van der Waals surface area contributed by atoms with Gasteiger partial charge in [-0.3, -0.25) is 0 Å². The van der Waals surface area contributed by atoms with E-state index in [0.29, 0.717) is 27.0 Å². The summed E-state index contributed by atoms with van der Waals surface area (Å²) in [6.45, 7) is 5.97. The van der Waals surface area contributed by atoms with E-state index in [1.807, 2.05) is 20.8 Å². The highest BCUT2D eigenvalue weighted by Crippen LogP contribution is 2.27. The lowest BCUT2D eigenvalue weighted by Crippen LogP contribution is -1.76. The molecule has 0 atom stereocenters. The summed E-state index contributed by atoms with van der Waals surface area (Å²) in [6, 6.07) is 3.38. The Morgan fingerprint density at radius 1 is 1.27 bits per heavy atom. The van der Waals surface area contributed by atoms with Gasteiger partial charge >= 0.3 is 0 Å². The molecular weight excluding hydrogens is 233 g/mol. The number of fused-ring (bicyclic) bond motifs is 1. The van der Waals surface area contributed by atoms with Gasteiger partial charge in [0.25, 0.3) is 0 Å². The minimum Gasteiger partial charge on any atom is -0.441 e. The maximum absolute atomic E-state index is 5.93. The van der Waals surface area contributed by atoms with Crippen molar-refractivity contribution in [2.24, 2.45) is 0 Å². The summed E-state index contributed by atoms with van der Waals surface area (Å²) in [4.78, 5) is 4.21. The number of halogens is 2. The van der Waals surface area contributed by atoms with Crippen molar-refractivity contribution in [3.05, 3.63) is 28.1 Å². The topological polar surface area (TPSA) is 26.0 Å². The zero-order valence-corrected chi connectivity index (χ0v) is 10.5. The summed E-state index contributed by atoms with van der Waals surface area (Å²) < 4.78 is 5.40. The second-order valence-electron chi connectivity index (χ2n) is 2.70. The van der Waals surface area contributed by atoms with Gasteiger partial charge in [-0.15, -0.1) is 0 Å². The lowest BCUT2D eigenvalue weighted by molar-refractivity contribution is 0.538. The van der Waals surface area contributed by atoms with Gasteiger partial charge in [0.1, 0.15) is 5.52 Å². The van der Waals surface area contributed by atoms with E-state index in [1.54, 1.807) is 12.1 Å². The SMILES string of the molecule is CC.CCc1nc2c(Cl)cc(Cl)cc2o1. The van der Waals surface area contributed by atoms with E-state index >= 15 is 0 Å². The van der Waals surface area contributed by atoms with Crippen molar-refractivity contribution in [2.75, 3.05) is 0 Å². The largest absolute Gasteiger partial charge is 0.441 e. The Labute approximate surface area is 99.2 Å². The van der Waals surface area contributed by atoms with Crippen LogP contribution in [0.15, 0.2) is 16.5 Å². The van der Waals surface area contributed by atoms with Crippen LogP contribution in [-0.2, 0) is 6.42 Å². The first-order valence-corrected chi connectivity index (χ1v) is 5.70.